The SMILES string of the molecule is B[C@]12C[C@@H](Oc3cnc(-c4ccc(-n5ccnc5)cc4O)nn3)[C@H](F)[C@](C)(C[C@H]1F)C2. The second kappa shape index (κ2) is 7.00. The van der Waals surface area contributed by atoms with Crippen LogP contribution in [0.15, 0.2) is 43.1 Å². The van der Waals surface area contributed by atoms with Gasteiger partial charge in [0, 0.05) is 23.9 Å². The van der Waals surface area contributed by atoms with Crippen molar-refractivity contribution in [3.05, 3.63) is 43.1 Å². The number of benzene rings is 1. The summed E-state index contributed by atoms with van der Waals surface area (Å²) in [5.74, 6) is 0.282. The average molecular weight is 425 g/mol. The molecule has 2 heterocycles. The number of ether oxygens (including phenoxy) is 1. The summed E-state index contributed by atoms with van der Waals surface area (Å²) in [4.78, 5) is 8.20. The summed E-state index contributed by atoms with van der Waals surface area (Å²) >= 11 is 0. The van der Waals surface area contributed by atoms with Crippen LogP contribution in [0.3, 0.4) is 0 Å². The lowest BCUT2D eigenvalue weighted by molar-refractivity contribution is -0.0194. The summed E-state index contributed by atoms with van der Waals surface area (Å²) in [5.41, 5.74) is 0.406. The Morgan fingerprint density at radius 3 is 2.77 bits per heavy atom. The first-order valence-corrected chi connectivity index (χ1v) is 10.2. The lowest BCUT2D eigenvalue weighted by atomic mass is 9.57. The molecule has 2 fully saturated rings. The number of aromatic hydroxyl groups is 1. The molecule has 5 rings (SSSR count). The highest BCUT2D eigenvalue weighted by Gasteiger charge is 2.61. The Labute approximate surface area is 178 Å². The van der Waals surface area contributed by atoms with Gasteiger partial charge in [0.2, 0.25) is 0 Å². The van der Waals surface area contributed by atoms with E-state index in [0.717, 1.165) is 5.69 Å². The van der Waals surface area contributed by atoms with Crippen molar-refractivity contribution in [1.82, 2.24) is 24.7 Å². The van der Waals surface area contributed by atoms with Crippen molar-refractivity contribution in [1.29, 1.82) is 0 Å². The van der Waals surface area contributed by atoms with E-state index in [1.807, 2.05) is 7.85 Å². The van der Waals surface area contributed by atoms with E-state index in [1.54, 1.807) is 48.4 Å². The molecule has 31 heavy (non-hydrogen) atoms. The summed E-state index contributed by atoms with van der Waals surface area (Å²) in [6.45, 7) is 1.79. The lowest BCUT2D eigenvalue weighted by Crippen LogP contribution is -2.46. The van der Waals surface area contributed by atoms with Crippen LogP contribution in [-0.2, 0) is 0 Å². The normalized spacial score (nSPS) is 32.2. The Balaban J connectivity index is 1.34. The number of aromatic nitrogens is 5. The number of halogens is 2. The van der Waals surface area contributed by atoms with Gasteiger partial charge >= 0.3 is 0 Å². The molecule has 5 atom stereocenters. The first kappa shape index (κ1) is 19.9. The molecule has 0 aliphatic heterocycles. The van der Waals surface area contributed by atoms with Crippen LogP contribution in [-0.4, -0.2) is 56.1 Å². The standard InChI is InChI=1S/C21H22BF2N5O2/c1-20-8-16(23)21(22,10-20)7-15(18(20)24)31-17-9-26-19(28-27-17)13-3-2-12(6-14(13)30)29-5-4-25-11-29/h2-6,9,11,15-16,18,30H,7-8,10,22H2,1H3/t15-,16-,18+,20-,21+/m1/s1. The Bertz CT molecular complexity index is 1100. The Kier molecular flexibility index (Phi) is 4.49. The van der Waals surface area contributed by atoms with E-state index in [4.69, 9.17) is 4.74 Å². The van der Waals surface area contributed by atoms with E-state index in [2.05, 4.69) is 20.2 Å². The van der Waals surface area contributed by atoms with Gasteiger partial charge in [0.1, 0.15) is 25.9 Å². The van der Waals surface area contributed by atoms with Crippen molar-refractivity contribution in [3.63, 3.8) is 0 Å². The molecule has 2 aromatic heterocycles. The molecule has 0 radical (unpaired) electrons. The molecule has 1 aromatic carbocycles. The van der Waals surface area contributed by atoms with Gasteiger partial charge in [-0.25, -0.2) is 18.7 Å². The molecular formula is C21H22BF2N5O2. The van der Waals surface area contributed by atoms with Crippen LogP contribution >= 0.6 is 0 Å². The number of imidazole rings is 1. The van der Waals surface area contributed by atoms with Crippen molar-refractivity contribution in [2.24, 2.45) is 5.41 Å². The number of nitrogens with zero attached hydrogens (tertiary/aromatic N) is 5. The van der Waals surface area contributed by atoms with E-state index in [0.29, 0.717) is 12.0 Å². The number of phenolic OH excluding ortho intramolecular Hbond substituents is 1. The van der Waals surface area contributed by atoms with E-state index in [-0.39, 0.29) is 30.3 Å². The van der Waals surface area contributed by atoms with Crippen LogP contribution in [0.4, 0.5) is 8.78 Å². The van der Waals surface area contributed by atoms with Crippen LogP contribution in [0.5, 0.6) is 11.6 Å². The third-order valence-electron chi connectivity index (χ3n) is 6.71. The van der Waals surface area contributed by atoms with Crippen LogP contribution in [0, 0.1) is 5.41 Å². The summed E-state index contributed by atoms with van der Waals surface area (Å²) in [7, 11) is 1.86. The van der Waals surface area contributed by atoms with Crippen LogP contribution in [0.1, 0.15) is 26.2 Å². The minimum atomic E-state index is -1.29. The number of rotatable bonds is 4. The Morgan fingerprint density at radius 1 is 1.26 bits per heavy atom. The molecule has 0 unspecified atom stereocenters. The predicted molar refractivity (Wildman–Crippen MR) is 111 cm³/mol. The molecule has 1 N–H and O–H groups in total. The van der Waals surface area contributed by atoms with Crippen molar-refractivity contribution >= 4 is 7.85 Å². The zero-order valence-corrected chi connectivity index (χ0v) is 17.2. The van der Waals surface area contributed by atoms with Gasteiger partial charge in [0.05, 0.1) is 29.9 Å². The summed E-state index contributed by atoms with van der Waals surface area (Å²) in [6, 6.07) is 5.05. The maximum atomic E-state index is 15.1. The highest BCUT2D eigenvalue weighted by Crippen LogP contribution is 2.63. The minimum absolute atomic E-state index is 0.0100. The van der Waals surface area contributed by atoms with Crippen molar-refractivity contribution in [2.45, 2.75) is 49.9 Å². The third kappa shape index (κ3) is 3.34. The molecule has 0 saturated heterocycles. The van der Waals surface area contributed by atoms with Crippen molar-refractivity contribution in [3.8, 4) is 28.7 Å². The topological polar surface area (TPSA) is 86.0 Å². The molecular weight excluding hydrogens is 403 g/mol. The monoisotopic (exact) mass is 425 g/mol. The van der Waals surface area contributed by atoms with Crippen molar-refractivity contribution < 1.29 is 18.6 Å². The van der Waals surface area contributed by atoms with Gasteiger partial charge in [-0.1, -0.05) is 6.92 Å². The van der Waals surface area contributed by atoms with Crippen LogP contribution < -0.4 is 4.74 Å². The highest BCUT2D eigenvalue weighted by atomic mass is 19.1. The molecule has 2 aliphatic carbocycles. The van der Waals surface area contributed by atoms with Gasteiger partial charge in [-0.2, -0.15) is 0 Å². The molecule has 2 saturated carbocycles. The molecule has 160 valence electrons. The van der Waals surface area contributed by atoms with Crippen molar-refractivity contribution in [2.75, 3.05) is 0 Å². The predicted octanol–water partition coefficient (Wildman–Crippen LogP) is 2.85. The molecule has 2 bridgehead atoms. The zero-order valence-electron chi connectivity index (χ0n) is 17.2. The van der Waals surface area contributed by atoms with E-state index in [9.17, 15) is 9.50 Å². The number of fused-ring (bicyclic) bond motifs is 2. The maximum absolute atomic E-state index is 15.1. The second-order valence-electron chi connectivity index (χ2n) is 9.21. The number of phenols is 1. The fraction of sp³-hybridized carbons (Fsp3) is 0.429. The van der Waals surface area contributed by atoms with Crippen LogP contribution in [0.2, 0.25) is 5.31 Å². The Morgan fingerprint density at radius 2 is 2.10 bits per heavy atom. The summed E-state index contributed by atoms with van der Waals surface area (Å²) in [6.07, 6.45) is 4.27. The molecule has 0 spiro atoms. The van der Waals surface area contributed by atoms with E-state index in [1.165, 1.54) is 6.20 Å². The van der Waals surface area contributed by atoms with E-state index >= 15 is 4.39 Å². The molecule has 2 aliphatic rings. The first-order chi connectivity index (χ1) is 14.8. The number of hydrogen-bond acceptors (Lipinski definition) is 6. The highest BCUT2D eigenvalue weighted by molar-refractivity contribution is 6.16. The summed E-state index contributed by atoms with van der Waals surface area (Å²) < 4.78 is 37.1. The molecule has 0 amide bonds. The second-order valence-corrected chi connectivity index (χ2v) is 9.21. The molecule has 7 nitrogen and oxygen atoms in total. The van der Waals surface area contributed by atoms with E-state index < -0.39 is 29.2 Å². The fourth-order valence-electron chi connectivity index (χ4n) is 5.16. The van der Waals surface area contributed by atoms with Gasteiger partial charge in [0.25, 0.3) is 5.88 Å². The van der Waals surface area contributed by atoms with Gasteiger partial charge in [-0.15, -0.1) is 10.2 Å². The fourth-order valence-corrected chi connectivity index (χ4v) is 5.16. The quantitative estimate of drug-likeness (QED) is 0.648. The molecule has 3 aromatic rings. The zero-order chi connectivity index (χ0) is 21.8. The number of alkyl halides is 2. The van der Waals surface area contributed by atoms with Gasteiger partial charge < -0.3 is 14.4 Å². The maximum Gasteiger partial charge on any atom is 0.252 e. The molecule has 10 heteroatoms. The summed E-state index contributed by atoms with van der Waals surface area (Å²) in [5, 5.41) is 17.9. The first-order valence-electron chi connectivity index (χ1n) is 10.2. The van der Waals surface area contributed by atoms with Crippen LogP contribution in [0.25, 0.3) is 17.1 Å². The van der Waals surface area contributed by atoms with Gasteiger partial charge in [-0.3, -0.25) is 0 Å². The number of hydrogen-bond donors (Lipinski definition) is 1. The minimum Gasteiger partial charge on any atom is -0.507 e. The average Bonchev–Trinajstić information content (AvgIpc) is 3.33. The van der Waals surface area contributed by atoms with Gasteiger partial charge in [-0.05, 0) is 36.7 Å². The lowest BCUT2D eigenvalue weighted by Gasteiger charge is -2.42. The smallest absolute Gasteiger partial charge is 0.252 e. The van der Waals surface area contributed by atoms with Gasteiger partial charge in [0.15, 0.2) is 5.82 Å². The largest absolute Gasteiger partial charge is 0.507 e. The Hall–Kier alpha value is -3.04. The third-order valence-corrected chi connectivity index (χ3v) is 6.71.